The molecule has 0 aromatic heterocycles. The van der Waals surface area contributed by atoms with Crippen LogP contribution in [0.3, 0.4) is 0 Å². The lowest BCUT2D eigenvalue weighted by Crippen LogP contribution is -2.71. The fourth-order valence-electron chi connectivity index (χ4n) is 4.03. The Balaban J connectivity index is 1.74. The largest absolute Gasteiger partial charge is 0.326 e. The molecule has 2 heterocycles. The molecule has 2 saturated heterocycles. The highest BCUT2D eigenvalue weighted by atomic mass is 16.2. The number of fused-ring (bicyclic) bond motifs is 4. The number of para-hydroxylation sites is 1. The van der Waals surface area contributed by atoms with E-state index >= 15 is 0 Å². The van der Waals surface area contributed by atoms with E-state index < -0.39 is 29.8 Å². The highest BCUT2D eigenvalue weighted by Gasteiger charge is 2.71. The molecule has 4 atom stereocenters. The van der Waals surface area contributed by atoms with Crippen molar-refractivity contribution in [3.8, 4) is 0 Å². The van der Waals surface area contributed by atoms with Crippen molar-refractivity contribution in [1.29, 1.82) is 0 Å². The second kappa shape index (κ2) is 4.41. The molecule has 1 aliphatic carbocycles. The summed E-state index contributed by atoms with van der Waals surface area (Å²) in [5.41, 5.74) is 0.503. The number of anilines is 1. The van der Waals surface area contributed by atoms with Crippen LogP contribution in [-0.4, -0.2) is 53.7 Å². The Morgan fingerprint density at radius 3 is 2.00 bits per heavy atom. The zero-order valence-electron chi connectivity index (χ0n) is 12.7. The van der Waals surface area contributed by atoms with Crippen LogP contribution in [0.15, 0.2) is 30.3 Å². The van der Waals surface area contributed by atoms with Crippen molar-refractivity contribution in [1.82, 2.24) is 9.80 Å². The second-order valence-electron chi connectivity index (χ2n) is 6.21. The summed E-state index contributed by atoms with van der Waals surface area (Å²) in [4.78, 5) is 53.5. The summed E-state index contributed by atoms with van der Waals surface area (Å²) < 4.78 is 0. The van der Waals surface area contributed by atoms with Gasteiger partial charge in [-0.3, -0.25) is 19.3 Å². The number of urea groups is 1. The summed E-state index contributed by atoms with van der Waals surface area (Å²) >= 11 is 0. The van der Waals surface area contributed by atoms with Crippen LogP contribution < -0.4 is 4.90 Å². The van der Waals surface area contributed by atoms with Crippen LogP contribution in [0.1, 0.15) is 0 Å². The van der Waals surface area contributed by atoms with E-state index in [0.29, 0.717) is 5.69 Å². The summed E-state index contributed by atoms with van der Waals surface area (Å²) in [6.45, 7) is 0. The van der Waals surface area contributed by atoms with Crippen LogP contribution in [-0.2, 0) is 14.4 Å². The number of carbonyl (C=O) groups excluding carboxylic acids is 4. The van der Waals surface area contributed by atoms with Gasteiger partial charge in [0.1, 0.15) is 0 Å². The summed E-state index contributed by atoms with van der Waals surface area (Å²) in [7, 11) is 2.98. The van der Waals surface area contributed by atoms with Gasteiger partial charge in [0, 0.05) is 14.1 Å². The van der Waals surface area contributed by atoms with Gasteiger partial charge in [0.25, 0.3) is 0 Å². The van der Waals surface area contributed by atoms with Crippen molar-refractivity contribution >= 4 is 29.4 Å². The third-order valence-electron chi connectivity index (χ3n) is 5.19. The highest BCUT2D eigenvalue weighted by Crippen LogP contribution is 2.52. The van der Waals surface area contributed by atoms with E-state index in [2.05, 4.69) is 0 Å². The van der Waals surface area contributed by atoms with Crippen molar-refractivity contribution in [2.75, 3.05) is 19.0 Å². The molecule has 3 aliphatic rings. The van der Waals surface area contributed by atoms with Crippen LogP contribution in [0.5, 0.6) is 0 Å². The van der Waals surface area contributed by atoms with Gasteiger partial charge in [-0.15, -0.1) is 0 Å². The van der Waals surface area contributed by atoms with Gasteiger partial charge < -0.3 is 4.90 Å². The van der Waals surface area contributed by atoms with Gasteiger partial charge in [-0.05, 0) is 12.1 Å². The van der Waals surface area contributed by atoms with Gasteiger partial charge in [0.15, 0.2) is 0 Å². The number of hydrogen-bond donors (Lipinski definition) is 0. The summed E-state index contributed by atoms with van der Waals surface area (Å²) in [6, 6.07) is 7.71. The molecule has 1 aromatic carbocycles. The molecule has 23 heavy (non-hydrogen) atoms. The minimum absolute atomic E-state index is 0.329. The number of carbonyl (C=O) groups is 4. The van der Waals surface area contributed by atoms with E-state index in [1.807, 2.05) is 0 Å². The zero-order valence-corrected chi connectivity index (χ0v) is 12.7. The average Bonchev–Trinajstić information content (AvgIpc) is 2.72. The lowest BCUT2D eigenvalue weighted by Gasteiger charge is -2.53. The number of imide groups is 2. The Hall–Kier alpha value is -2.70. The lowest BCUT2D eigenvalue weighted by molar-refractivity contribution is -0.160. The molecule has 1 saturated carbocycles. The topological polar surface area (TPSA) is 78.0 Å². The molecule has 3 fully saturated rings. The molecular weight excluding hydrogens is 298 g/mol. The van der Waals surface area contributed by atoms with E-state index in [0.717, 1.165) is 9.80 Å². The van der Waals surface area contributed by atoms with E-state index in [1.54, 1.807) is 37.4 Å². The number of amides is 5. The van der Waals surface area contributed by atoms with Gasteiger partial charge >= 0.3 is 6.03 Å². The fraction of sp³-hybridized carbons (Fsp3) is 0.375. The number of hydrogen-bond acceptors (Lipinski definition) is 4. The monoisotopic (exact) mass is 313 g/mol. The third kappa shape index (κ3) is 1.54. The second-order valence-corrected chi connectivity index (χ2v) is 6.21. The molecule has 0 bridgehead atoms. The van der Waals surface area contributed by atoms with Crippen molar-refractivity contribution in [3.05, 3.63) is 30.3 Å². The Labute approximate surface area is 132 Å². The Bertz CT molecular complexity index is 747. The molecular formula is C16H15N3O4. The average molecular weight is 313 g/mol. The van der Waals surface area contributed by atoms with E-state index in [9.17, 15) is 19.2 Å². The number of rotatable bonds is 1. The molecule has 0 N–H and O–H groups in total. The maximum absolute atomic E-state index is 12.7. The van der Waals surface area contributed by atoms with E-state index in [-0.39, 0.29) is 17.7 Å². The summed E-state index contributed by atoms with van der Waals surface area (Å²) in [5.74, 6) is -2.98. The molecule has 0 spiro atoms. The summed E-state index contributed by atoms with van der Waals surface area (Å²) in [6.07, 6.45) is 0. The first-order valence-electron chi connectivity index (χ1n) is 7.42. The predicted octanol–water partition coefficient (Wildman–Crippen LogP) is 0.314. The first kappa shape index (κ1) is 13.9. The van der Waals surface area contributed by atoms with Crippen LogP contribution in [0.4, 0.5) is 10.5 Å². The molecule has 4 rings (SSSR count). The quantitative estimate of drug-likeness (QED) is 0.699. The smallest absolute Gasteiger partial charge is 0.323 e. The lowest BCUT2D eigenvalue weighted by atomic mass is 9.60. The first-order chi connectivity index (χ1) is 10.9. The standard InChI is InChI=1S/C16H15N3O4/c1-17-12-10(13(20)18(2)16(17)23)9-11(12)15(22)19(14(9)21)8-6-4-3-5-7-8/h3-7,9-12H,1-2H3/t9-,10-,11-,12-/m0/s1. The number of benzene rings is 1. The molecule has 1 aromatic rings. The van der Waals surface area contributed by atoms with Gasteiger partial charge in [-0.1, -0.05) is 18.2 Å². The van der Waals surface area contributed by atoms with E-state index in [1.165, 1.54) is 11.9 Å². The van der Waals surface area contributed by atoms with Gasteiger partial charge in [-0.25, -0.2) is 9.69 Å². The maximum Gasteiger partial charge on any atom is 0.326 e. The molecule has 0 unspecified atom stereocenters. The Kier molecular flexibility index (Phi) is 2.67. The predicted molar refractivity (Wildman–Crippen MR) is 79.1 cm³/mol. The van der Waals surface area contributed by atoms with Crippen LogP contribution in [0.2, 0.25) is 0 Å². The van der Waals surface area contributed by atoms with Crippen LogP contribution in [0, 0.1) is 17.8 Å². The molecule has 5 amide bonds. The molecule has 0 radical (unpaired) electrons. The minimum atomic E-state index is -0.668. The first-order valence-corrected chi connectivity index (χ1v) is 7.42. The maximum atomic E-state index is 12.7. The number of nitrogens with zero attached hydrogens (tertiary/aromatic N) is 3. The van der Waals surface area contributed by atoms with Gasteiger partial charge in [-0.2, -0.15) is 0 Å². The van der Waals surface area contributed by atoms with Crippen molar-refractivity contribution in [2.45, 2.75) is 6.04 Å². The molecule has 2 aliphatic heterocycles. The third-order valence-corrected chi connectivity index (χ3v) is 5.19. The van der Waals surface area contributed by atoms with Crippen molar-refractivity contribution in [2.24, 2.45) is 17.8 Å². The fourth-order valence-corrected chi connectivity index (χ4v) is 4.03. The highest BCUT2D eigenvalue weighted by molar-refractivity contribution is 6.25. The van der Waals surface area contributed by atoms with Crippen LogP contribution in [0.25, 0.3) is 0 Å². The van der Waals surface area contributed by atoms with E-state index in [4.69, 9.17) is 0 Å². The van der Waals surface area contributed by atoms with Crippen LogP contribution >= 0.6 is 0 Å². The molecule has 118 valence electrons. The minimum Gasteiger partial charge on any atom is -0.323 e. The Morgan fingerprint density at radius 2 is 1.35 bits per heavy atom. The molecule has 7 heteroatoms. The zero-order chi connectivity index (χ0) is 16.5. The Morgan fingerprint density at radius 1 is 0.783 bits per heavy atom. The van der Waals surface area contributed by atoms with Gasteiger partial charge in [0.2, 0.25) is 17.7 Å². The van der Waals surface area contributed by atoms with Crippen molar-refractivity contribution in [3.63, 3.8) is 0 Å². The summed E-state index contributed by atoms with van der Waals surface area (Å²) in [5, 5.41) is 0. The molecule has 7 nitrogen and oxygen atoms in total. The van der Waals surface area contributed by atoms with Crippen molar-refractivity contribution < 1.29 is 19.2 Å². The normalized spacial score (nSPS) is 32.9. The SMILES string of the molecule is CN1C(=O)[C@H]2[C@@H]3C(=O)N(c4ccccc4)C(=O)[C@@H]3[C@H]2N(C)C1=O. The van der Waals surface area contributed by atoms with Gasteiger partial charge in [0.05, 0.1) is 29.5 Å².